The molecule has 0 unspecified atom stereocenters. The summed E-state index contributed by atoms with van der Waals surface area (Å²) in [6.07, 6.45) is 0. The normalized spacial score (nSPS) is 9.64. The maximum absolute atomic E-state index is 10.9. The molecule has 14 heavy (non-hydrogen) atoms. The molecule has 0 saturated carbocycles. The molecule has 0 aliphatic heterocycles. The number of carbonyl (C=O) groups excluding carboxylic acids is 1. The van der Waals surface area contributed by atoms with Gasteiger partial charge in [0.25, 0.3) is 0 Å². The van der Waals surface area contributed by atoms with Crippen molar-refractivity contribution >= 4 is 34.3 Å². The van der Waals surface area contributed by atoms with E-state index in [9.17, 15) is 4.79 Å². The smallest absolute Gasteiger partial charge is 0.307 e. The van der Waals surface area contributed by atoms with Crippen molar-refractivity contribution in [1.29, 1.82) is 0 Å². The summed E-state index contributed by atoms with van der Waals surface area (Å²) in [6.45, 7) is 2.04. The largest absolute Gasteiger partial charge is 0.333 e. The molecule has 0 aliphatic carbocycles. The maximum Gasteiger partial charge on any atom is 0.333 e. The van der Waals surface area contributed by atoms with Gasteiger partial charge in [-0.1, -0.05) is 28.7 Å². The molecular weight excluding hydrogens is 293 g/mol. The van der Waals surface area contributed by atoms with Gasteiger partial charge in [0.15, 0.2) is 0 Å². The molecule has 0 bridgehead atoms. The van der Waals surface area contributed by atoms with Gasteiger partial charge in [0, 0.05) is 10.1 Å². The lowest BCUT2D eigenvalue weighted by Gasteiger charge is -2.07. The highest BCUT2D eigenvalue weighted by Crippen LogP contribution is 2.17. The van der Waals surface area contributed by atoms with Crippen molar-refractivity contribution in [3.8, 4) is 0 Å². The number of nitrogens with one attached hydrogen (secondary N) is 2. The Morgan fingerprint density at radius 1 is 1.57 bits per heavy atom. The van der Waals surface area contributed by atoms with Crippen LogP contribution in [0.15, 0.2) is 18.2 Å². The van der Waals surface area contributed by atoms with Crippen molar-refractivity contribution in [2.24, 2.45) is 5.84 Å². The van der Waals surface area contributed by atoms with Gasteiger partial charge in [-0.3, -0.25) is 5.43 Å². The Labute approximate surface area is 96.4 Å². The van der Waals surface area contributed by atoms with Crippen LogP contribution >= 0.6 is 22.6 Å². The van der Waals surface area contributed by atoms with E-state index in [4.69, 9.17) is 5.84 Å². The Balaban J connectivity index is 2.84. The highest BCUT2D eigenvalue weighted by atomic mass is 127. The lowest BCUT2D eigenvalue weighted by molar-refractivity contribution is 0.252. The maximum atomic E-state index is 10.9. The number of rotatable bonds is 2. The van der Waals surface area contributed by atoms with Crippen LogP contribution in [0.3, 0.4) is 0 Å². The second kappa shape index (κ2) is 5.16. The van der Waals surface area contributed by atoms with Gasteiger partial charge >= 0.3 is 6.03 Å². The minimum atomic E-state index is -0.409. The molecule has 0 aliphatic rings. The molecule has 5 heteroatoms. The summed E-state index contributed by atoms with van der Waals surface area (Å²) in [4.78, 5) is 10.9. The summed E-state index contributed by atoms with van der Waals surface area (Å²) < 4.78 is 0.920. The van der Waals surface area contributed by atoms with Crippen molar-refractivity contribution in [3.05, 3.63) is 29.3 Å². The zero-order valence-corrected chi connectivity index (χ0v) is 9.96. The molecule has 0 aromatic heterocycles. The monoisotopic (exact) mass is 305 g/mol. The fourth-order valence-electron chi connectivity index (χ4n) is 1.06. The molecule has 0 fully saturated rings. The number of halogens is 1. The van der Waals surface area contributed by atoms with Gasteiger partial charge < -0.3 is 5.32 Å². The number of hydrogen-bond donors (Lipinski definition) is 3. The average molecular weight is 305 g/mol. The minimum absolute atomic E-state index is 0.409. The second-order valence-electron chi connectivity index (χ2n) is 2.87. The molecule has 0 spiro atoms. The van der Waals surface area contributed by atoms with Crippen LogP contribution in [-0.2, 0) is 4.43 Å². The molecule has 1 rings (SSSR count). The first-order valence-electron chi connectivity index (χ1n) is 4.10. The lowest BCUT2D eigenvalue weighted by atomic mass is 10.1. The number of hydrogen-bond acceptors (Lipinski definition) is 2. The zero-order valence-electron chi connectivity index (χ0n) is 7.80. The van der Waals surface area contributed by atoms with Gasteiger partial charge in [-0.2, -0.15) is 0 Å². The van der Waals surface area contributed by atoms with E-state index in [0.717, 1.165) is 10.1 Å². The molecule has 0 atom stereocenters. The predicted molar refractivity (Wildman–Crippen MR) is 65.2 cm³/mol. The number of hydrazine groups is 1. The molecule has 4 nitrogen and oxygen atoms in total. The molecule has 0 heterocycles. The van der Waals surface area contributed by atoms with E-state index in [0.29, 0.717) is 0 Å². The van der Waals surface area contributed by atoms with Crippen LogP contribution in [0.2, 0.25) is 0 Å². The third kappa shape index (κ3) is 2.85. The highest BCUT2D eigenvalue weighted by Gasteiger charge is 2.01. The van der Waals surface area contributed by atoms with E-state index >= 15 is 0 Å². The van der Waals surface area contributed by atoms with Crippen LogP contribution in [0.4, 0.5) is 10.5 Å². The Hall–Kier alpha value is -0.820. The summed E-state index contributed by atoms with van der Waals surface area (Å²) in [5.74, 6) is 4.96. The number of carbonyl (C=O) groups is 1. The molecule has 1 aromatic rings. The summed E-state index contributed by atoms with van der Waals surface area (Å²) >= 11 is 2.29. The topological polar surface area (TPSA) is 67.2 Å². The van der Waals surface area contributed by atoms with E-state index in [1.807, 2.05) is 30.5 Å². The minimum Gasteiger partial charge on any atom is -0.307 e. The van der Waals surface area contributed by atoms with Crippen LogP contribution in [0.1, 0.15) is 11.1 Å². The van der Waals surface area contributed by atoms with Crippen molar-refractivity contribution in [2.75, 3.05) is 5.32 Å². The number of anilines is 1. The van der Waals surface area contributed by atoms with Crippen LogP contribution in [0.5, 0.6) is 0 Å². The molecular formula is C9H12IN3O. The summed E-state index contributed by atoms with van der Waals surface area (Å²) in [7, 11) is 0. The molecule has 0 saturated heterocycles. The number of nitrogens with two attached hydrogens (primary N) is 1. The predicted octanol–water partition coefficient (Wildman–Crippen LogP) is 1.93. The molecule has 2 amide bonds. The van der Waals surface area contributed by atoms with Crippen molar-refractivity contribution < 1.29 is 4.79 Å². The van der Waals surface area contributed by atoms with Gasteiger partial charge in [-0.15, -0.1) is 0 Å². The molecule has 1 aromatic carbocycles. The van der Waals surface area contributed by atoms with Gasteiger partial charge in [-0.25, -0.2) is 10.6 Å². The van der Waals surface area contributed by atoms with Gasteiger partial charge in [0.1, 0.15) is 0 Å². The van der Waals surface area contributed by atoms with E-state index in [-0.39, 0.29) is 0 Å². The first-order valence-corrected chi connectivity index (χ1v) is 5.63. The summed E-state index contributed by atoms with van der Waals surface area (Å²) in [6, 6.07) is 5.35. The van der Waals surface area contributed by atoms with Crippen molar-refractivity contribution in [2.45, 2.75) is 11.4 Å². The number of aryl methyl sites for hydroxylation is 1. The summed E-state index contributed by atoms with van der Waals surface area (Å²) in [5.41, 5.74) is 5.20. The number of alkyl halides is 1. The SMILES string of the molecule is Cc1ccc(NC(=O)NN)cc1CI. The van der Waals surface area contributed by atoms with E-state index < -0.39 is 6.03 Å². The third-order valence-electron chi connectivity index (χ3n) is 1.88. The lowest BCUT2D eigenvalue weighted by Crippen LogP contribution is -2.34. The number of amides is 2. The first kappa shape index (κ1) is 11.3. The van der Waals surface area contributed by atoms with E-state index in [1.54, 1.807) is 0 Å². The van der Waals surface area contributed by atoms with Crippen molar-refractivity contribution in [3.63, 3.8) is 0 Å². The summed E-state index contributed by atoms with van der Waals surface area (Å²) in [5, 5.41) is 2.62. The van der Waals surface area contributed by atoms with E-state index in [1.165, 1.54) is 11.1 Å². The van der Waals surface area contributed by atoms with Gasteiger partial charge in [-0.05, 0) is 30.2 Å². The van der Waals surface area contributed by atoms with E-state index in [2.05, 4.69) is 27.9 Å². The van der Waals surface area contributed by atoms with Crippen LogP contribution in [0, 0.1) is 6.92 Å². The highest BCUT2D eigenvalue weighted by molar-refractivity contribution is 14.1. The first-order chi connectivity index (χ1) is 6.67. The van der Waals surface area contributed by atoms with Gasteiger partial charge in [0.2, 0.25) is 0 Å². The molecule has 0 radical (unpaired) electrons. The fraction of sp³-hybridized carbons (Fsp3) is 0.222. The third-order valence-corrected chi connectivity index (χ3v) is 2.70. The Bertz CT molecular complexity index is 341. The number of benzene rings is 1. The van der Waals surface area contributed by atoms with Crippen LogP contribution in [0.25, 0.3) is 0 Å². The van der Waals surface area contributed by atoms with Crippen LogP contribution in [-0.4, -0.2) is 6.03 Å². The number of urea groups is 1. The van der Waals surface area contributed by atoms with Crippen LogP contribution < -0.4 is 16.6 Å². The second-order valence-corrected chi connectivity index (χ2v) is 3.64. The Morgan fingerprint density at radius 3 is 2.86 bits per heavy atom. The zero-order chi connectivity index (χ0) is 10.6. The Kier molecular flexibility index (Phi) is 4.15. The average Bonchev–Trinajstić information content (AvgIpc) is 2.20. The molecule has 4 N–H and O–H groups in total. The standard InChI is InChI=1S/C9H12IN3O/c1-6-2-3-8(4-7(6)5-10)12-9(14)13-11/h2-4H,5,11H2,1H3,(H2,12,13,14). The Morgan fingerprint density at radius 2 is 2.29 bits per heavy atom. The quantitative estimate of drug-likeness (QED) is 0.257. The fourth-order valence-corrected chi connectivity index (χ4v) is 1.88. The molecule has 76 valence electrons. The van der Waals surface area contributed by atoms with Gasteiger partial charge in [0.05, 0.1) is 0 Å². The van der Waals surface area contributed by atoms with Crippen molar-refractivity contribution in [1.82, 2.24) is 5.43 Å².